The van der Waals surface area contributed by atoms with Crippen molar-refractivity contribution in [3.05, 3.63) is 40.7 Å². The van der Waals surface area contributed by atoms with Gasteiger partial charge in [-0.3, -0.25) is 0 Å². The summed E-state index contributed by atoms with van der Waals surface area (Å²) in [5.74, 6) is 0.175. The molecule has 0 aliphatic carbocycles. The number of carbonyl (C=O) groups excluding carboxylic acids is 1. The Bertz CT molecular complexity index is 338. The van der Waals surface area contributed by atoms with Gasteiger partial charge in [0.05, 0.1) is 0 Å². The van der Waals surface area contributed by atoms with Crippen LogP contribution in [-0.4, -0.2) is 11.8 Å². The first kappa shape index (κ1) is 12.0. The summed E-state index contributed by atoms with van der Waals surface area (Å²) in [4.78, 5) is 11.1. The van der Waals surface area contributed by atoms with Gasteiger partial charge in [0, 0.05) is 32.7 Å². The average molecular weight is 263 g/mol. The second-order valence-corrected chi connectivity index (χ2v) is 3.44. The van der Waals surface area contributed by atoms with Crippen molar-refractivity contribution >= 4 is 5.78 Å². The fourth-order valence-electron chi connectivity index (χ4n) is 1.66. The Balaban J connectivity index is 0.000000980. The van der Waals surface area contributed by atoms with Crippen LogP contribution in [0.25, 0.3) is 5.32 Å². The molecule has 0 aromatic heterocycles. The summed E-state index contributed by atoms with van der Waals surface area (Å²) in [6.45, 7) is 2.31. The molecule has 1 aromatic carbocycles. The number of rotatable bonds is 1. The Hall–Kier alpha value is -0.0461. The molecule has 1 unspecified atom stereocenters. The molecule has 1 aliphatic rings. The number of hydrogen-bond acceptors (Lipinski definition) is 1. The molecular weight excluding hydrogens is 251 g/mol. The summed E-state index contributed by atoms with van der Waals surface area (Å²) in [6.07, 6.45) is 0.783. The number of nitrogens with zero attached hydrogens (tertiary/aromatic N) is 1. The van der Waals surface area contributed by atoms with E-state index in [-0.39, 0.29) is 44.5 Å². The van der Waals surface area contributed by atoms with Crippen molar-refractivity contribution in [2.24, 2.45) is 0 Å². The van der Waals surface area contributed by atoms with Gasteiger partial charge in [-0.15, -0.1) is 6.54 Å². The Labute approximate surface area is 109 Å². The number of carbonyl (C=O) groups is 1. The molecule has 1 radical (unpaired) electrons. The molecule has 2 rings (SSSR count). The summed E-state index contributed by atoms with van der Waals surface area (Å²) < 4.78 is 0. The summed E-state index contributed by atoms with van der Waals surface area (Å²) in [6, 6.07) is 8.09. The van der Waals surface area contributed by atoms with Crippen molar-refractivity contribution in [3.63, 3.8) is 0 Å². The zero-order chi connectivity index (χ0) is 9.26. The third-order valence-electron chi connectivity index (χ3n) is 2.48. The minimum Gasteiger partial charge on any atom is -0.649 e. The molecule has 0 amide bonds. The first-order chi connectivity index (χ1) is 6.27. The normalized spacial score (nSPS) is 19.4. The van der Waals surface area contributed by atoms with E-state index in [4.69, 9.17) is 0 Å². The Morgan fingerprint density at radius 2 is 2.00 bits per heavy atom. The number of ketones is 1. The van der Waals surface area contributed by atoms with Gasteiger partial charge >= 0.3 is 0 Å². The molecule has 0 saturated heterocycles. The van der Waals surface area contributed by atoms with E-state index in [1.54, 1.807) is 6.92 Å². The van der Waals surface area contributed by atoms with Crippen LogP contribution in [0.1, 0.15) is 18.1 Å². The first-order valence-electron chi connectivity index (χ1n) is 4.51. The zero-order valence-corrected chi connectivity index (χ0v) is 11.1. The summed E-state index contributed by atoms with van der Waals surface area (Å²) >= 11 is 0. The van der Waals surface area contributed by atoms with Gasteiger partial charge in [-0.1, -0.05) is 35.9 Å². The Morgan fingerprint density at radius 1 is 1.36 bits per heavy atom. The van der Waals surface area contributed by atoms with Crippen molar-refractivity contribution in [1.29, 1.82) is 0 Å². The quantitative estimate of drug-likeness (QED) is 0.763. The maximum atomic E-state index is 11.1. The van der Waals surface area contributed by atoms with Crippen molar-refractivity contribution in [3.8, 4) is 0 Å². The predicted octanol–water partition coefficient (Wildman–Crippen LogP) is 2.07. The number of benzene rings is 1. The van der Waals surface area contributed by atoms with Gasteiger partial charge in [-0.2, -0.15) is 0 Å². The summed E-state index contributed by atoms with van der Waals surface area (Å²) in [5.41, 5.74) is 2.54. The maximum absolute atomic E-state index is 11.1. The monoisotopic (exact) mass is 263 g/mol. The van der Waals surface area contributed by atoms with Crippen LogP contribution in [0.2, 0.25) is 0 Å². The van der Waals surface area contributed by atoms with Gasteiger partial charge in [0.1, 0.15) is 5.78 Å². The van der Waals surface area contributed by atoms with Crippen LogP contribution in [0.5, 0.6) is 0 Å². The van der Waals surface area contributed by atoms with Crippen LogP contribution in [0.15, 0.2) is 24.3 Å². The second kappa shape index (κ2) is 5.15. The Morgan fingerprint density at radius 3 is 2.64 bits per heavy atom. The molecule has 1 heterocycles. The maximum Gasteiger partial charge on any atom is 0.112 e. The number of Topliss-reactive ketones (excluding diaryl/α,β-unsaturated/α-hetero) is 1. The third kappa shape index (κ3) is 2.50. The first-order valence-corrected chi connectivity index (χ1v) is 4.51. The van der Waals surface area contributed by atoms with Gasteiger partial charge in [0.15, 0.2) is 0 Å². The van der Waals surface area contributed by atoms with E-state index in [0.29, 0.717) is 6.54 Å². The van der Waals surface area contributed by atoms with Crippen LogP contribution in [0.3, 0.4) is 0 Å². The van der Waals surface area contributed by atoms with Gasteiger partial charge in [-0.05, 0) is 18.9 Å². The van der Waals surface area contributed by atoms with Gasteiger partial charge in [0.2, 0.25) is 0 Å². The molecule has 1 aromatic rings. The van der Waals surface area contributed by atoms with E-state index in [2.05, 4.69) is 17.4 Å². The van der Waals surface area contributed by atoms with E-state index in [9.17, 15) is 4.79 Å². The molecule has 0 bridgehead atoms. The van der Waals surface area contributed by atoms with E-state index in [0.717, 1.165) is 6.42 Å². The molecule has 0 fully saturated rings. The number of fused-ring (bicyclic) bond motifs is 1. The standard InChI is InChI=1S/C11H12NO.Y/c1-8(13)11-6-9-4-2-3-5-10(9)7-12-11;/h2-5,11H,6-7H2,1H3;/q-1;. The van der Waals surface area contributed by atoms with Gasteiger partial charge in [-0.25, -0.2) is 0 Å². The van der Waals surface area contributed by atoms with Crippen molar-refractivity contribution in [1.82, 2.24) is 0 Å². The smallest absolute Gasteiger partial charge is 0.112 e. The van der Waals surface area contributed by atoms with Crippen LogP contribution in [-0.2, 0) is 50.5 Å². The van der Waals surface area contributed by atoms with E-state index < -0.39 is 0 Å². The molecule has 2 nitrogen and oxygen atoms in total. The predicted molar refractivity (Wildman–Crippen MR) is 51.7 cm³/mol. The van der Waals surface area contributed by atoms with E-state index >= 15 is 0 Å². The van der Waals surface area contributed by atoms with Crippen LogP contribution in [0.4, 0.5) is 0 Å². The Kier molecular flexibility index (Phi) is 4.43. The van der Waals surface area contributed by atoms with Crippen LogP contribution in [0, 0.1) is 0 Å². The van der Waals surface area contributed by atoms with E-state index in [1.165, 1.54) is 11.1 Å². The topological polar surface area (TPSA) is 31.2 Å². The minimum atomic E-state index is -0.102. The fourth-order valence-corrected chi connectivity index (χ4v) is 1.66. The SMILES string of the molecule is CC(=O)C1Cc2ccccc2C[N-]1.[Y]. The van der Waals surface area contributed by atoms with Crippen LogP contribution >= 0.6 is 0 Å². The summed E-state index contributed by atoms with van der Waals surface area (Å²) in [5, 5.41) is 4.32. The van der Waals surface area contributed by atoms with Gasteiger partial charge < -0.3 is 10.1 Å². The molecule has 0 N–H and O–H groups in total. The average Bonchev–Trinajstić information content (AvgIpc) is 2.17. The van der Waals surface area contributed by atoms with Crippen molar-refractivity contribution in [2.75, 3.05) is 0 Å². The molecule has 1 atom stereocenters. The van der Waals surface area contributed by atoms with Crippen molar-refractivity contribution < 1.29 is 37.5 Å². The van der Waals surface area contributed by atoms with Crippen molar-refractivity contribution in [2.45, 2.75) is 25.9 Å². The molecule has 71 valence electrons. The van der Waals surface area contributed by atoms with Crippen LogP contribution < -0.4 is 0 Å². The minimum absolute atomic E-state index is 0. The second-order valence-electron chi connectivity index (χ2n) is 3.44. The molecule has 14 heavy (non-hydrogen) atoms. The number of hydrogen-bond donors (Lipinski definition) is 0. The molecule has 0 saturated carbocycles. The zero-order valence-electron chi connectivity index (χ0n) is 8.23. The molecule has 0 spiro atoms. The molecule has 3 heteroatoms. The molecular formula is C11H12NOY-. The third-order valence-corrected chi connectivity index (χ3v) is 2.48. The largest absolute Gasteiger partial charge is 0.649 e. The van der Waals surface area contributed by atoms with Gasteiger partial charge in [0.25, 0.3) is 0 Å². The fraction of sp³-hybridized carbons (Fsp3) is 0.364. The van der Waals surface area contributed by atoms with E-state index in [1.807, 2.05) is 12.1 Å². The molecule has 1 aliphatic heterocycles. The summed E-state index contributed by atoms with van der Waals surface area (Å²) in [7, 11) is 0.